The number of hydrogen-bond donors (Lipinski definition) is 1. The quantitative estimate of drug-likeness (QED) is 0.555. The van der Waals surface area contributed by atoms with E-state index in [1.807, 2.05) is 0 Å². The van der Waals surface area contributed by atoms with Gasteiger partial charge in [-0.05, 0) is 55.5 Å². The van der Waals surface area contributed by atoms with Crippen LogP contribution in [-0.4, -0.2) is 30.8 Å². The van der Waals surface area contributed by atoms with Gasteiger partial charge in [-0.1, -0.05) is 23.2 Å². The van der Waals surface area contributed by atoms with Gasteiger partial charge in [0, 0.05) is 5.69 Å². The number of aromatic nitrogens is 2. The molecule has 30 heavy (non-hydrogen) atoms. The molecule has 0 saturated carbocycles. The van der Waals surface area contributed by atoms with Crippen LogP contribution in [0.4, 0.5) is 5.69 Å². The first-order chi connectivity index (χ1) is 14.2. The Labute approximate surface area is 182 Å². The summed E-state index contributed by atoms with van der Waals surface area (Å²) in [5.74, 6) is -0.492. The Morgan fingerprint density at radius 3 is 2.33 bits per heavy atom. The molecule has 1 N–H and O–H groups in total. The molecule has 0 saturated heterocycles. The molecule has 0 atom stereocenters. The lowest BCUT2D eigenvalue weighted by Gasteiger charge is -2.10. The minimum absolute atomic E-state index is 0.0234. The van der Waals surface area contributed by atoms with Crippen LogP contribution in [-0.2, 0) is 14.8 Å². The van der Waals surface area contributed by atoms with E-state index in [2.05, 4.69) is 9.82 Å². The Balaban J connectivity index is 1.81. The van der Waals surface area contributed by atoms with E-state index < -0.39 is 21.6 Å². The zero-order valence-electron chi connectivity index (χ0n) is 15.5. The standard InChI is InChI=1S/C19H15Cl2N3O5S/c1-2-29-19(26)12-3-5-13(6-4-12)23-30(27,28)15-9-7-14(8-10-15)24-18(25)17(21)16(20)11-22-24/h3-11,23H,2H2,1H3. The summed E-state index contributed by atoms with van der Waals surface area (Å²) >= 11 is 11.6. The van der Waals surface area contributed by atoms with Crippen LogP contribution in [0.1, 0.15) is 17.3 Å². The van der Waals surface area contributed by atoms with Crippen molar-refractivity contribution in [3.63, 3.8) is 0 Å². The number of nitrogens with one attached hydrogen (secondary N) is 1. The summed E-state index contributed by atoms with van der Waals surface area (Å²) in [7, 11) is -3.90. The van der Waals surface area contributed by atoms with Crippen molar-refractivity contribution in [2.75, 3.05) is 11.3 Å². The molecule has 1 aromatic heterocycles. The van der Waals surface area contributed by atoms with Gasteiger partial charge in [0.05, 0.1) is 34.0 Å². The summed E-state index contributed by atoms with van der Waals surface area (Å²) in [6.45, 7) is 1.94. The number of nitrogens with zero attached hydrogens (tertiary/aromatic N) is 2. The zero-order chi connectivity index (χ0) is 21.9. The molecule has 0 unspecified atom stereocenters. The van der Waals surface area contributed by atoms with E-state index in [-0.39, 0.29) is 27.2 Å². The van der Waals surface area contributed by atoms with Crippen molar-refractivity contribution in [2.24, 2.45) is 0 Å². The maximum atomic E-state index is 12.6. The average Bonchev–Trinajstić information content (AvgIpc) is 2.73. The van der Waals surface area contributed by atoms with Gasteiger partial charge in [0.25, 0.3) is 15.6 Å². The highest BCUT2D eigenvalue weighted by Gasteiger charge is 2.16. The third kappa shape index (κ3) is 4.64. The van der Waals surface area contributed by atoms with Gasteiger partial charge in [0.1, 0.15) is 5.02 Å². The Morgan fingerprint density at radius 1 is 1.10 bits per heavy atom. The molecule has 2 aromatic carbocycles. The first-order valence-electron chi connectivity index (χ1n) is 8.56. The van der Waals surface area contributed by atoms with Gasteiger partial charge in [-0.2, -0.15) is 9.78 Å². The van der Waals surface area contributed by atoms with Gasteiger partial charge in [0.2, 0.25) is 0 Å². The van der Waals surface area contributed by atoms with E-state index in [9.17, 15) is 18.0 Å². The van der Waals surface area contributed by atoms with E-state index in [0.29, 0.717) is 11.3 Å². The predicted molar refractivity (Wildman–Crippen MR) is 113 cm³/mol. The van der Waals surface area contributed by atoms with Crippen LogP contribution in [0, 0.1) is 0 Å². The summed E-state index contributed by atoms with van der Waals surface area (Å²) in [6, 6.07) is 11.3. The molecule has 0 spiro atoms. The summed E-state index contributed by atoms with van der Waals surface area (Å²) < 4.78 is 33.5. The van der Waals surface area contributed by atoms with Crippen molar-refractivity contribution in [3.05, 3.63) is 80.7 Å². The smallest absolute Gasteiger partial charge is 0.338 e. The Bertz CT molecular complexity index is 1240. The fourth-order valence-corrected chi connectivity index (χ4v) is 3.78. The third-order valence-electron chi connectivity index (χ3n) is 3.92. The molecule has 156 valence electrons. The zero-order valence-corrected chi connectivity index (χ0v) is 17.8. The van der Waals surface area contributed by atoms with Gasteiger partial charge >= 0.3 is 5.97 Å². The van der Waals surface area contributed by atoms with Gasteiger partial charge in [0.15, 0.2) is 0 Å². The molecule has 0 aliphatic rings. The highest BCUT2D eigenvalue weighted by atomic mass is 35.5. The summed E-state index contributed by atoms with van der Waals surface area (Å²) in [5, 5.41) is 3.73. The molecule has 3 aromatic rings. The van der Waals surface area contributed by atoms with Crippen molar-refractivity contribution in [1.29, 1.82) is 0 Å². The highest BCUT2D eigenvalue weighted by molar-refractivity contribution is 7.92. The number of esters is 1. The second-order valence-corrected chi connectivity index (χ2v) is 8.39. The van der Waals surface area contributed by atoms with Gasteiger partial charge in [-0.3, -0.25) is 9.52 Å². The van der Waals surface area contributed by atoms with Gasteiger partial charge < -0.3 is 4.74 Å². The van der Waals surface area contributed by atoms with Crippen molar-refractivity contribution in [2.45, 2.75) is 11.8 Å². The van der Waals surface area contributed by atoms with Crippen LogP contribution in [0.2, 0.25) is 10.0 Å². The Morgan fingerprint density at radius 2 is 1.73 bits per heavy atom. The van der Waals surface area contributed by atoms with Crippen LogP contribution in [0.15, 0.2) is 64.4 Å². The minimum atomic E-state index is -3.90. The molecule has 0 fully saturated rings. The lowest BCUT2D eigenvalue weighted by atomic mass is 10.2. The molecule has 0 aliphatic heterocycles. The normalized spacial score (nSPS) is 11.2. The summed E-state index contributed by atoms with van der Waals surface area (Å²) in [5.41, 5.74) is 0.272. The predicted octanol–water partition coefficient (Wildman–Crippen LogP) is 3.52. The van der Waals surface area contributed by atoms with Crippen LogP contribution in [0.25, 0.3) is 5.69 Å². The van der Waals surface area contributed by atoms with Crippen molar-refractivity contribution in [3.8, 4) is 5.69 Å². The number of sulfonamides is 1. The topological polar surface area (TPSA) is 107 Å². The fourth-order valence-electron chi connectivity index (χ4n) is 2.47. The molecule has 0 amide bonds. The van der Waals surface area contributed by atoms with Gasteiger partial charge in [-0.25, -0.2) is 13.2 Å². The second-order valence-electron chi connectivity index (χ2n) is 5.92. The number of hydrogen-bond acceptors (Lipinski definition) is 6. The molecular formula is C19H15Cl2N3O5S. The number of benzene rings is 2. The molecule has 0 aliphatic carbocycles. The van der Waals surface area contributed by atoms with Gasteiger partial charge in [-0.15, -0.1) is 0 Å². The number of anilines is 1. The van der Waals surface area contributed by atoms with E-state index in [1.54, 1.807) is 6.92 Å². The van der Waals surface area contributed by atoms with Crippen molar-refractivity contribution in [1.82, 2.24) is 9.78 Å². The van der Waals surface area contributed by atoms with Crippen LogP contribution >= 0.6 is 23.2 Å². The van der Waals surface area contributed by atoms with E-state index in [1.165, 1.54) is 54.7 Å². The van der Waals surface area contributed by atoms with Crippen LogP contribution < -0.4 is 10.3 Å². The molecular weight excluding hydrogens is 453 g/mol. The average molecular weight is 468 g/mol. The Hall–Kier alpha value is -2.88. The lowest BCUT2D eigenvalue weighted by molar-refractivity contribution is 0.0526. The molecule has 11 heteroatoms. The second kappa shape index (κ2) is 8.86. The maximum absolute atomic E-state index is 12.6. The number of carbonyl (C=O) groups is 1. The number of rotatable bonds is 6. The largest absolute Gasteiger partial charge is 0.462 e. The number of halogens is 2. The number of carbonyl (C=O) groups excluding carboxylic acids is 1. The summed E-state index contributed by atoms with van der Waals surface area (Å²) in [4.78, 5) is 23.8. The Kier molecular flexibility index (Phi) is 6.45. The maximum Gasteiger partial charge on any atom is 0.338 e. The SMILES string of the molecule is CCOC(=O)c1ccc(NS(=O)(=O)c2ccc(-n3ncc(Cl)c(Cl)c3=O)cc2)cc1. The minimum Gasteiger partial charge on any atom is -0.462 e. The molecule has 0 bridgehead atoms. The highest BCUT2D eigenvalue weighted by Crippen LogP contribution is 2.20. The number of ether oxygens (including phenoxy) is 1. The first-order valence-corrected chi connectivity index (χ1v) is 10.8. The fraction of sp³-hybridized carbons (Fsp3) is 0.105. The van der Waals surface area contributed by atoms with E-state index in [4.69, 9.17) is 27.9 Å². The molecule has 0 radical (unpaired) electrons. The molecule has 3 rings (SSSR count). The molecule has 1 heterocycles. The monoisotopic (exact) mass is 467 g/mol. The van der Waals surface area contributed by atoms with Crippen molar-refractivity contribution >= 4 is 44.9 Å². The lowest BCUT2D eigenvalue weighted by Crippen LogP contribution is -2.21. The van der Waals surface area contributed by atoms with Crippen LogP contribution in [0.5, 0.6) is 0 Å². The van der Waals surface area contributed by atoms with Crippen LogP contribution in [0.3, 0.4) is 0 Å². The van der Waals surface area contributed by atoms with E-state index in [0.717, 1.165) is 4.68 Å². The first kappa shape index (κ1) is 21.8. The molecule has 8 nitrogen and oxygen atoms in total. The van der Waals surface area contributed by atoms with Crippen molar-refractivity contribution < 1.29 is 17.9 Å². The third-order valence-corrected chi connectivity index (χ3v) is 6.06. The van der Waals surface area contributed by atoms with E-state index >= 15 is 0 Å². The summed E-state index contributed by atoms with van der Waals surface area (Å²) in [6.07, 6.45) is 1.22.